The van der Waals surface area contributed by atoms with Crippen molar-refractivity contribution in [3.05, 3.63) is 143 Å². The van der Waals surface area contributed by atoms with E-state index in [2.05, 4.69) is 12.1 Å². The van der Waals surface area contributed by atoms with Crippen molar-refractivity contribution in [2.24, 2.45) is 0 Å². The molecule has 2 aromatic rings. The van der Waals surface area contributed by atoms with Crippen LogP contribution in [0.5, 0.6) is 0 Å². The van der Waals surface area contributed by atoms with Crippen LogP contribution in [0.25, 0.3) is 0 Å². The summed E-state index contributed by atoms with van der Waals surface area (Å²) in [6.45, 7) is 1.61. The molecule has 0 atom stereocenters. The summed E-state index contributed by atoms with van der Waals surface area (Å²) >= 11 is 0. The Balaban J connectivity index is 0.000000207. The zero-order chi connectivity index (χ0) is 20.5. The van der Waals surface area contributed by atoms with Gasteiger partial charge in [0, 0.05) is 0 Å². The van der Waals surface area contributed by atoms with E-state index in [1.54, 1.807) is 6.92 Å². The van der Waals surface area contributed by atoms with Crippen molar-refractivity contribution in [3.63, 3.8) is 0 Å². The third-order valence-electron chi connectivity index (χ3n) is 4.72. The molecule has 0 aliphatic heterocycles. The Hall–Kier alpha value is -3.00. The molecule has 0 unspecified atom stereocenters. The second-order valence-corrected chi connectivity index (χ2v) is 6.94. The Kier molecular flexibility index (Phi) is 9.21. The molecule has 0 N–H and O–H groups in total. The van der Waals surface area contributed by atoms with E-state index in [0.717, 1.165) is 28.7 Å². The first-order chi connectivity index (χ1) is 14.1. The zero-order valence-corrected chi connectivity index (χ0v) is 18.0. The van der Waals surface area contributed by atoms with Crippen molar-refractivity contribution in [2.45, 2.75) is 19.8 Å². The molecule has 0 heterocycles. The van der Waals surface area contributed by atoms with Crippen molar-refractivity contribution in [3.8, 4) is 0 Å². The van der Waals surface area contributed by atoms with Crippen molar-refractivity contribution in [1.29, 1.82) is 0 Å². The van der Waals surface area contributed by atoms with Gasteiger partial charge in [-0.15, -0.1) is 11.5 Å². The Bertz CT molecular complexity index is 989. The second kappa shape index (κ2) is 11.9. The van der Waals surface area contributed by atoms with Gasteiger partial charge in [-0.1, -0.05) is 110 Å². The van der Waals surface area contributed by atoms with Crippen LogP contribution in [-0.4, -0.2) is 0 Å². The summed E-state index contributed by atoms with van der Waals surface area (Å²) < 4.78 is 0. The molecule has 4 rings (SSSR count). The van der Waals surface area contributed by atoms with E-state index in [1.165, 1.54) is 5.56 Å². The smallest absolute Gasteiger partial charge is 0.875 e. The zero-order valence-electron chi connectivity index (χ0n) is 16.9. The van der Waals surface area contributed by atoms with E-state index in [4.69, 9.17) is 0 Å². The van der Waals surface area contributed by atoms with Gasteiger partial charge in [-0.05, 0) is 40.7 Å². The summed E-state index contributed by atoms with van der Waals surface area (Å²) in [7, 11) is 0. The first kappa shape index (κ1) is 23.3. The van der Waals surface area contributed by atoms with Gasteiger partial charge in [-0.2, -0.15) is 0 Å². The molecule has 0 radical (unpaired) electrons. The van der Waals surface area contributed by atoms with E-state index < -0.39 is 0 Å². The predicted octanol–water partition coefficient (Wildman–Crippen LogP) is 4.33. The molecule has 0 saturated carbocycles. The van der Waals surface area contributed by atoms with Crippen LogP contribution in [0.3, 0.4) is 0 Å². The van der Waals surface area contributed by atoms with E-state index in [9.17, 15) is 10.2 Å². The Morgan fingerprint density at radius 2 is 1.30 bits per heavy atom. The molecule has 2 nitrogen and oxygen atoms in total. The molecule has 0 spiro atoms. The Labute approximate surface area is 189 Å². The summed E-state index contributed by atoms with van der Waals surface area (Å²) in [4.78, 5) is 0. The summed E-state index contributed by atoms with van der Waals surface area (Å²) in [5.74, 6) is 0.326. The van der Waals surface area contributed by atoms with Crippen LogP contribution in [0.4, 0.5) is 0 Å². The third-order valence-corrected chi connectivity index (χ3v) is 4.72. The quantitative estimate of drug-likeness (QED) is 0.529. The monoisotopic (exact) mass is 436 g/mol. The van der Waals surface area contributed by atoms with Gasteiger partial charge >= 0.3 is 17.1 Å². The molecule has 2 aromatic carbocycles. The second-order valence-electron chi connectivity index (χ2n) is 6.94. The number of benzene rings is 2. The standard InChI is InChI=1S/C14H14O.C13H12O.Fe/c1-11(15)14-9-5-8-13(14)10-12-6-3-2-4-7-12;14-13(12-8-4-5-9-12)10-11-6-2-1-3-7-11;/h2-9,15H,10H2,1H3;1-9,14H,10H2;/q;;+2/p-2. The summed E-state index contributed by atoms with van der Waals surface area (Å²) in [6.07, 6.45) is 14.7. The Morgan fingerprint density at radius 3 is 1.87 bits per heavy atom. The average molecular weight is 436 g/mol. The van der Waals surface area contributed by atoms with E-state index in [1.807, 2.05) is 91.1 Å². The molecular weight excluding hydrogens is 412 g/mol. The van der Waals surface area contributed by atoms with Crippen LogP contribution in [0.2, 0.25) is 0 Å². The number of allylic oxidation sites excluding steroid dienone is 12. The van der Waals surface area contributed by atoms with Gasteiger partial charge in [0.25, 0.3) is 0 Å². The van der Waals surface area contributed by atoms with Gasteiger partial charge in [0.1, 0.15) is 0 Å². The van der Waals surface area contributed by atoms with E-state index in [-0.39, 0.29) is 28.6 Å². The molecule has 2 aliphatic rings. The summed E-state index contributed by atoms with van der Waals surface area (Å²) in [6, 6.07) is 20.0. The fraction of sp³-hybridized carbons (Fsp3) is 0.111. The first-order valence-corrected chi connectivity index (χ1v) is 9.72. The van der Waals surface area contributed by atoms with E-state index >= 15 is 0 Å². The van der Waals surface area contributed by atoms with Gasteiger partial charge in [0.2, 0.25) is 0 Å². The molecule has 30 heavy (non-hydrogen) atoms. The molecule has 2 aliphatic carbocycles. The maximum Gasteiger partial charge on any atom is 2.00 e. The number of hydrogen-bond donors (Lipinski definition) is 0. The molecule has 152 valence electrons. The minimum absolute atomic E-state index is 0. The van der Waals surface area contributed by atoms with Gasteiger partial charge in [0.05, 0.1) is 0 Å². The Morgan fingerprint density at radius 1 is 0.733 bits per heavy atom. The topological polar surface area (TPSA) is 46.1 Å². The minimum atomic E-state index is 0. The SMILES string of the molecule is CC([O-])=C1C=CC=C1Cc1ccccc1.[Fe+2].[O-]C(Cc1ccccc1)=C1C=CC=C1. The van der Waals surface area contributed by atoms with Crippen LogP contribution < -0.4 is 10.2 Å². The molecule has 0 aromatic heterocycles. The fourth-order valence-corrected chi connectivity index (χ4v) is 3.21. The first-order valence-electron chi connectivity index (χ1n) is 9.72. The summed E-state index contributed by atoms with van der Waals surface area (Å²) in [5.41, 5.74) is 5.08. The molecular formula is C27H24FeO2. The normalized spacial score (nSPS) is 15.2. The number of rotatable bonds is 4. The van der Waals surface area contributed by atoms with Crippen molar-refractivity contribution >= 4 is 0 Å². The maximum atomic E-state index is 11.7. The van der Waals surface area contributed by atoms with Crippen LogP contribution in [0.1, 0.15) is 18.1 Å². The maximum absolute atomic E-state index is 11.7. The van der Waals surface area contributed by atoms with Crippen LogP contribution in [-0.2, 0) is 29.9 Å². The fourth-order valence-electron chi connectivity index (χ4n) is 3.21. The van der Waals surface area contributed by atoms with Crippen molar-refractivity contribution in [2.75, 3.05) is 0 Å². The average Bonchev–Trinajstić information content (AvgIpc) is 3.42. The molecule has 0 amide bonds. The minimum Gasteiger partial charge on any atom is -0.875 e. The third kappa shape index (κ3) is 6.81. The van der Waals surface area contributed by atoms with E-state index in [0.29, 0.717) is 6.42 Å². The van der Waals surface area contributed by atoms with Crippen molar-refractivity contribution in [1.82, 2.24) is 0 Å². The predicted molar refractivity (Wildman–Crippen MR) is 116 cm³/mol. The molecule has 0 bridgehead atoms. The molecule has 0 fully saturated rings. The van der Waals surface area contributed by atoms with Crippen LogP contribution in [0, 0.1) is 0 Å². The van der Waals surface area contributed by atoms with Gasteiger partial charge < -0.3 is 10.2 Å². The van der Waals surface area contributed by atoms with Crippen LogP contribution >= 0.6 is 0 Å². The van der Waals surface area contributed by atoms with Gasteiger partial charge in [0.15, 0.2) is 0 Å². The number of hydrogen-bond acceptors (Lipinski definition) is 2. The van der Waals surface area contributed by atoms with Crippen LogP contribution in [0.15, 0.2) is 131 Å². The summed E-state index contributed by atoms with van der Waals surface area (Å²) in [5, 5.41) is 23.0. The van der Waals surface area contributed by atoms with Gasteiger partial charge in [-0.25, -0.2) is 0 Å². The van der Waals surface area contributed by atoms with Crippen molar-refractivity contribution < 1.29 is 27.3 Å². The largest absolute Gasteiger partial charge is 2.00 e. The molecule has 3 heteroatoms. The van der Waals surface area contributed by atoms with Gasteiger partial charge in [-0.3, -0.25) is 0 Å². The molecule has 0 saturated heterocycles.